The highest BCUT2D eigenvalue weighted by Gasteiger charge is 2.21. The van der Waals surface area contributed by atoms with E-state index in [1.807, 2.05) is 0 Å². The zero-order chi connectivity index (χ0) is 9.26. The van der Waals surface area contributed by atoms with E-state index in [1.165, 1.54) is 18.3 Å². The molecule has 1 fully saturated rings. The van der Waals surface area contributed by atoms with Crippen molar-refractivity contribution in [2.45, 2.75) is 6.42 Å². The van der Waals surface area contributed by atoms with Gasteiger partial charge in [0.2, 0.25) is 5.95 Å². The third-order valence-electron chi connectivity index (χ3n) is 2.12. The highest BCUT2D eigenvalue weighted by molar-refractivity contribution is 5.94. The minimum atomic E-state index is -0.555. The summed E-state index contributed by atoms with van der Waals surface area (Å²) >= 11 is 0. The zero-order valence-electron chi connectivity index (χ0n) is 7.03. The molecule has 3 nitrogen and oxygen atoms in total. The van der Waals surface area contributed by atoms with Crippen molar-refractivity contribution in [3.8, 4) is 0 Å². The van der Waals surface area contributed by atoms with Gasteiger partial charge >= 0.3 is 0 Å². The minimum Gasteiger partial charge on any atom is -0.338 e. The number of rotatable bonds is 1. The van der Waals surface area contributed by atoms with Crippen LogP contribution >= 0.6 is 0 Å². The van der Waals surface area contributed by atoms with E-state index in [9.17, 15) is 9.18 Å². The van der Waals surface area contributed by atoms with Gasteiger partial charge in [0.15, 0.2) is 0 Å². The lowest BCUT2D eigenvalue weighted by atomic mass is 10.1. The Balaban J connectivity index is 2.15. The topological polar surface area (TPSA) is 33.2 Å². The van der Waals surface area contributed by atoms with E-state index in [2.05, 4.69) is 4.98 Å². The second-order valence-electron chi connectivity index (χ2n) is 3.02. The average molecular weight is 180 g/mol. The molecule has 1 saturated heterocycles. The van der Waals surface area contributed by atoms with E-state index in [-0.39, 0.29) is 5.91 Å². The zero-order valence-corrected chi connectivity index (χ0v) is 7.03. The summed E-state index contributed by atoms with van der Waals surface area (Å²) < 4.78 is 12.4. The fraction of sp³-hybridized carbons (Fsp3) is 0.333. The molecule has 0 unspecified atom stereocenters. The Labute approximate surface area is 75.2 Å². The first kappa shape index (κ1) is 8.16. The molecule has 1 amide bonds. The van der Waals surface area contributed by atoms with E-state index in [1.54, 1.807) is 4.90 Å². The predicted octanol–water partition coefficient (Wildman–Crippen LogP) is 1.07. The number of likely N-dealkylation sites (tertiary alicyclic amines) is 1. The number of aromatic nitrogens is 1. The van der Waals surface area contributed by atoms with Gasteiger partial charge in [-0.2, -0.15) is 4.39 Å². The van der Waals surface area contributed by atoms with Crippen molar-refractivity contribution in [3.05, 3.63) is 29.8 Å². The van der Waals surface area contributed by atoms with Crippen LogP contribution in [-0.2, 0) is 0 Å². The Morgan fingerprint density at radius 2 is 2.23 bits per heavy atom. The van der Waals surface area contributed by atoms with Gasteiger partial charge in [0.1, 0.15) is 0 Å². The van der Waals surface area contributed by atoms with E-state index >= 15 is 0 Å². The Bertz CT molecular complexity index is 319. The number of pyridine rings is 1. The summed E-state index contributed by atoms with van der Waals surface area (Å²) in [6, 6.07) is 2.66. The number of hydrogen-bond donors (Lipinski definition) is 0. The first-order chi connectivity index (χ1) is 6.27. The molecule has 1 aromatic heterocycles. The maximum Gasteiger partial charge on any atom is 0.255 e. The number of amides is 1. The summed E-state index contributed by atoms with van der Waals surface area (Å²) in [4.78, 5) is 16.6. The van der Waals surface area contributed by atoms with Crippen LogP contribution in [0.15, 0.2) is 18.3 Å². The van der Waals surface area contributed by atoms with E-state index < -0.39 is 5.95 Å². The molecule has 0 spiro atoms. The quantitative estimate of drug-likeness (QED) is 0.605. The van der Waals surface area contributed by atoms with Crippen molar-refractivity contribution in [2.75, 3.05) is 13.1 Å². The van der Waals surface area contributed by atoms with Crippen LogP contribution in [0.5, 0.6) is 0 Å². The van der Waals surface area contributed by atoms with Crippen LogP contribution < -0.4 is 0 Å². The van der Waals surface area contributed by atoms with Crippen molar-refractivity contribution in [1.82, 2.24) is 9.88 Å². The van der Waals surface area contributed by atoms with Gasteiger partial charge in [-0.15, -0.1) is 0 Å². The Hall–Kier alpha value is -1.45. The summed E-state index contributed by atoms with van der Waals surface area (Å²) in [5, 5.41) is 0. The van der Waals surface area contributed by atoms with Gasteiger partial charge < -0.3 is 4.90 Å². The molecule has 1 aliphatic heterocycles. The van der Waals surface area contributed by atoms with Crippen LogP contribution in [0.4, 0.5) is 4.39 Å². The number of nitrogens with zero attached hydrogens (tertiary/aromatic N) is 2. The molecular weight excluding hydrogens is 171 g/mol. The van der Waals surface area contributed by atoms with Crippen LogP contribution in [-0.4, -0.2) is 28.9 Å². The maximum absolute atomic E-state index is 12.4. The van der Waals surface area contributed by atoms with Crippen molar-refractivity contribution in [2.24, 2.45) is 0 Å². The van der Waals surface area contributed by atoms with Crippen molar-refractivity contribution in [1.29, 1.82) is 0 Å². The van der Waals surface area contributed by atoms with Crippen LogP contribution in [0.3, 0.4) is 0 Å². The van der Waals surface area contributed by atoms with Crippen LogP contribution in [0.25, 0.3) is 0 Å². The molecule has 0 aromatic carbocycles. The molecule has 0 bridgehead atoms. The lowest BCUT2D eigenvalue weighted by Gasteiger charge is -2.30. The van der Waals surface area contributed by atoms with Gasteiger partial charge in [0, 0.05) is 19.3 Å². The summed E-state index contributed by atoms with van der Waals surface area (Å²) in [6.45, 7) is 1.60. The van der Waals surface area contributed by atoms with E-state index in [0.717, 1.165) is 19.5 Å². The summed E-state index contributed by atoms with van der Waals surface area (Å²) in [5.41, 5.74) is 0.459. The molecule has 2 heterocycles. The molecule has 0 atom stereocenters. The van der Waals surface area contributed by atoms with Gasteiger partial charge in [-0.3, -0.25) is 4.79 Å². The average Bonchev–Trinajstić information content (AvgIpc) is 2.02. The van der Waals surface area contributed by atoms with Gasteiger partial charge in [0.05, 0.1) is 5.56 Å². The van der Waals surface area contributed by atoms with Crippen molar-refractivity contribution in [3.63, 3.8) is 0 Å². The molecule has 68 valence electrons. The fourth-order valence-corrected chi connectivity index (χ4v) is 1.20. The first-order valence-corrected chi connectivity index (χ1v) is 4.18. The van der Waals surface area contributed by atoms with Gasteiger partial charge in [-0.05, 0) is 18.6 Å². The summed E-state index contributed by atoms with van der Waals surface area (Å²) in [6.07, 6.45) is 2.33. The van der Waals surface area contributed by atoms with Gasteiger partial charge in [-0.1, -0.05) is 0 Å². The minimum absolute atomic E-state index is 0.0567. The van der Waals surface area contributed by atoms with Crippen molar-refractivity contribution >= 4 is 5.91 Å². The van der Waals surface area contributed by atoms with Crippen molar-refractivity contribution < 1.29 is 9.18 Å². The molecule has 2 rings (SSSR count). The van der Waals surface area contributed by atoms with Crippen LogP contribution in [0, 0.1) is 5.95 Å². The number of halogens is 1. The number of carbonyl (C=O) groups excluding carboxylic acids is 1. The normalized spacial score (nSPS) is 15.3. The van der Waals surface area contributed by atoms with E-state index in [0.29, 0.717) is 5.56 Å². The molecule has 0 saturated carbocycles. The molecule has 13 heavy (non-hydrogen) atoms. The molecular formula is C9H9FN2O. The Morgan fingerprint density at radius 1 is 1.46 bits per heavy atom. The predicted molar refractivity (Wildman–Crippen MR) is 44.7 cm³/mol. The Morgan fingerprint density at radius 3 is 2.69 bits per heavy atom. The molecule has 4 heteroatoms. The largest absolute Gasteiger partial charge is 0.338 e. The third-order valence-corrected chi connectivity index (χ3v) is 2.12. The fourth-order valence-electron chi connectivity index (χ4n) is 1.20. The lowest BCUT2D eigenvalue weighted by molar-refractivity contribution is 0.0651. The molecule has 1 aromatic rings. The number of carbonyl (C=O) groups is 1. The van der Waals surface area contributed by atoms with E-state index in [4.69, 9.17) is 0 Å². The second-order valence-corrected chi connectivity index (χ2v) is 3.02. The van der Waals surface area contributed by atoms with Gasteiger partial charge in [0.25, 0.3) is 5.91 Å². The highest BCUT2D eigenvalue weighted by Crippen LogP contribution is 2.11. The van der Waals surface area contributed by atoms with Crippen LogP contribution in [0.2, 0.25) is 0 Å². The lowest BCUT2D eigenvalue weighted by Crippen LogP contribution is -2.42. The Kier molecular flexibility index (Phi) is 1.96. The highest BCUT2D eigenvalue weighted by atomic mass is 19.1. The monoisotopic (exact) mass is 180 g/mol. The van der Waals surface area contributed by atoms with Crippen LogP contribution in [0.1, 0.15) is 16.8 Å². The second kappa shape index (κ2) is 3.12. The third kappa shape index (κ3) is 1.52. The first-order valence-electron chi connectivity index (χ1n) is 4.18. The molecule has 0 radical (unpaired) electrons. The SMILES string of the molecule is O=C(c1ccc(F)nc1)N1CCC1. The van der Waals surface area contributed by atoms with Gasteiger partial charge in [-0.25, -0.2) is 4.98 Å². The molecule has 0 aliphatic carbocycles. The molecule has 0 N–H and O–H groups in total. The number of hydrogen-bond acceptors (Lipinski definition) is 2. The standard InChI is InChI=1S/C9H9FN2O/c10-8-3-2-7(6-11-8)9(13)12-4-1-5-12/h2-3,6H,1,4-5H2. The molecule has 1 aliphatic rings. The smallest absolute Gasteiger partial charge is 0.255 e. The maximum atomic E-state index is 12.4. The summed E-state index contributed by atoms with van der Waals surface area (Å²) in [7, 11) is 0. The summed E-state index contributed by atoms with van der Waals surface area (Å²) in [5.74, 6) is -0.612.